The van der Waals surface area contributed by atoms with Gasteiger partial charge in [-0.15, -0.1) is 11.3 Å². The van der Waals surface area contributed by atoms with Gasteiger partial charge in [-0.05, 0) is 24.5 Å². The Bertz CT molecular complexity index is 747. The van der Waals surface area contributed by atoms with Crippen LogP contribution in [0.3, 0.4) is 0 Å². The lowest BCUT2D eigenvalue weighted by atomic mass is 10.1. The summed E-state index contributed by atoms with van der Waals surface area (Å²) in [7, 11) is 0. The van der Waals surface area contributed by atoms with E-state index in [1.165, 1.54) is 10.4 Å². The Morgan fingerprint density at radius 2 is 1.80 bits per heavy atom. The summed E-state index contributed by atoms with van der Waals surface area (Å²) in [6, 6.07) is 10.4. The van der Waals surface area contributed by atoms with E-state index < -0.39 is 0 Å². The van der Waals surface area contributed by atoms with Crippen LogP contribution in [0, 0.1) is 0 Å². The molecule has 1 aromatic carbocycles. The van der Waals surface area contributed by atoms with E-state index in [9.17, 15) is 0 Å². The first-order chi connectivity index (χ1) is 9.71. The van der Waals surface area contributed by atoms with Crippen LogP contribution in [-0.4, -0.2) is 9.97 Å². The summed E-state index contributed by atoms with van der Waals surface area (Å²) in [4.78, 5) is 11.3. The highest BCUT2D eigenvalue weighted by atomic mass is 35.5. The van der Waals surface area contributed by atoms with Crippen LogP contribution in [0.2, 0.25) is 5.15 Å². The van der Waals surface area contributed by atoms with Crippen molar-refractivity contribution in [1.82, 2.24) is 9.97 Å². The summed E-state index contributed by atoms with van der Waals surface area (Å²) in [6.07, 6.45) is 2.03. The number of fused-ring (bicyclic) bond motifs is 1. The molecule has 0 saturated carbocycles. The zero-order valence-corrected chi connectivity index (χ0v) is 13.1. The third-order valence-electron chi connectivity index (χ3n) is 3.37. The van der Waals surface area contributed by atoms with E-state index in [-0.39, 0.29) is 0 Å². The first kappa shape index (κ1) is 13.5. The summed E-state index contributed by atoms with van der Waals surface area (Å²) in [5, 5.41) is 1.50. The number of benzene rings is 1. The van der Waals surface area contributed by atoms with Crippen molar-refractivity contribution < 1.29 is 0 Å². The van der Waals surface area contributed by atoms with E-state index in [0.717, 1.165) is 28.6 Å². The van der Waals surface area contributed by atoms with Crippen molar-refractivity contribution in [1.29, 1.82) is 0 Å². The number of hydrogen-bond donors (Lipinski definition) is 0. The second-order valence-corrected chi connectivity index (χ2v) is 6.15. The first-order valence-corrected chi connectivity index (χ1v) is 7.96. The van der Waals surface area contributed by atoms with Crippen LogP contribution in [0.25, 0.3) is 21.6 Å². The van der Waals surface area contributed by atoms with Crippen molar-refractivity contribution in [3.8, 4) is 11.4 Å². The highest BCUT2D eigenvalue weighted by Crippen LogP contribution is 2.31. The van der Waals surface area contributed by atoms with Crippen LogP contribution in [0.5, 0.6) is 0 Å². The van der Waals surface area contributed by atoms with Crippen molar-refractivity contribution >= 4 is 33.2 Å². The highest BCUT2D eigenvalue weighted by Gasteiger charge is 2.11. The van der Waals surface area contributed by atoms with Crippen molar-refractivity contribution in [2.24, 2.45) is 0 Å². The molecule has 2 aromatic heterocycles. The van der Waals surface area contributed by atoms with Gasteiger partial charge in [-0.1, -0.05) is 49.7 Å². The molecule has 102 valence electrons. The van der Waals surface area contributed by atoms with E-state index in [4.69, 9.17) is 11.6 Å². The summed E-state index contributed by atoms with van der Waals surface area (Å²) < 4.78 is 0. The summed E-state index contributed by atoms with van der Waals surface area (Å²) in [5.41, 5.74) is 2.32. The normalized spacial score (nSPS) is 11.2. The Hall–Kier alpha value is -1.45. The molecule has 2 nitrogen and oxygen atoms in total. The molecule has 4 heteroatoms. The van der Waals surface area contributed by atoms with Gasteiger partial charge in [0, 0.05) is 15.8 Å². The van der Waals surface area contributed by atoms with E-state index in [1.54, 1.807) is 11.3 Å². The van der Waals surface area contributed by atoms with Crippen LogP contribution in [0.15, 0.2) is 30.3 Å². The summed E-state index contributed by atoms with van der Waals surface area (Å²) in [5.74, 6) is 0.703. The minimum Gasteiger partial charge on any atom is -0.217 e. The zero-order valence-electron chi connectivity index (χ0n) is 11.5. The number of nitrogens with zero attached hydrogens (tertiary/aromatic N) is 2. The molecule has 0 N–H and O–H groups in total. The van der Waals surface area contributed by atoms with Gasteiger partial charge < -0.3 is 0 Å². The second kappa shape index (κ2) is 5.51. The fourth-order valence-electron chi connectivity index (χ4n) is 2.13. The van der Waals surface area contributed by atoms with Crippen molar-refractivity contribution in [2.75, 3.05) is 0 Å². The number of thiophene rings is 1. The van der Waals surface area contributed by atoms with E-state index in [2.05, 4.69) is 54.1 Å². The monoisotopic (exact) mass is 302 g/mol. The third-order valence-corrected chi connectivity index (χ3v) is 4.83. The molecule has 0 bridgehead atoms. The molecule has 0 amide bonds. The number of aromatic nitrogens is 2. The standard InChI is InChI=1S/C16H15ClN2S/c1-3-10-5-7-11(8-6-10)15-18-14(17)13-9-12(4-2)20-16(13)19-15/h5-9H,3-4H2,1-2H3. The molecule has 0 aliphatic carbocycles. The molecule has 3 aromatic rings. The highest BCUT2D eigenvalue weighted by molar-refractivity contribution is 7.18. The van der Waals surface area contributed by atoms with Gasteiger partial charge >= 0.3 is 0 Å². The number of rotatable bonds is 3. The van der Waals surface area contributed by atoms with E-state index in [1.807, 2.05) is 0 Å². The SMILES string of the molecule is CCc1ccc(-c2nc(Cl)c3cc(CC)sc3n2)cc1. The second-order valence-electron chi connectivity index (χ2n) is 4.67. The first-order valence-electron chi connectivity index (χ1n) is 6.76. The van der Waals surface area contributed by atoms with Crippen LogP contribution < -0.4 is 0 Å². The Balaban J connectivity index is 2.10. The quantitative estimate of drug-likeness (QED) is 0.626. The predicted octanol–water partition coefficient (Wildman–Crippen LogP) is 5.14. The molecule has 0 aliphatic heterocycles. The lowest BCUT2D eigenvalue weighted by Gasteiger charge is -2.03. The fourth-order valence-corrected chi connectivity index (χ4v) is 3.38. The largest absolute Gasteiger partial charge is 0.217 e. The molecule has 0 radical (unpaired) electrons. The molecule has 0 atom stereocenters. The fraction of sp³-hybridized carbons (Fsp3) is 0.250. The van der Waals surface area contributed by atoms with Gasteiger partial charge in [-0.2, -0.15) is 0 Å². The molecular weight excluding hydrogens is 288 g/mol. The molecule has 0 aliphatic rings. The number of hydrogen-bond acceptors (Lipinski definition) is 3. The van der Waals surface area contributed by atoms with Crippen molar-refractivity contribution in [3.63, 3.8) is 0 Å². The Morgan fingerprint density at radius 3 is 2.45 bits per heavy atom. The zero-order chi connectivity index (χ0) is 14.1. The Labute approximate surface area is 127 Å². The Kier molecular flexibility index (Phi) is 3.72. The minimum atomic E-state index is 0.542. The van der Waals surface area contributed by atoms with E-state index >= 15 is 0 Å². The molecule has 0 unspecified atom stereocenters. The minimum absolute atomic E-state index is 0.542. The predicted molar refractivity (Wildman–Crippen MR) is 86.6 cm³/mol. The molecule has 0 fully saturated rings. The maximum absolute atomic E-state index is 6.30. The van der Waals surface area contributed by atoms with Crippen LogP contribution in [0.1, 0.15) is 24.3 Å². The van der Waals surface area contributed by atoms with Crippen molar-refractivity contribution in [3.05, 3.63) is 45.9 Å². The van der Waals surface area contributed by atoms with Crippen LogP contribution in [0.4, 0.5) is 0 Å². The third kappa shape index (κ3) is 2.43. The number of halogens is 1. The lowest BCUT2D eigenvalue weighted by Crippen LogP contribution is -1.90. The molecule has 20 heavy (non-hydrogen) atoms. The van der Waals surface area contributed by atoms with Gasteiger partial charge in [-0.25, -0.2) is 9.97 Å². The smallest absolute Gasteiger partial charge is 0.162 e. The molecular formula is C16H15ClN2S. The van der Waals surface area contributed by atoms with Crippen LogP contribution >= 0.6 is 22.9 Å². The maximum atomic E-state index is 6.30. The van der Waals surface area contributed by atoms with Gasteiger partial charge in [0.2, 0.25) is 0 Å². The average molecular weight is 303 g/mol. The van der Waals surface area contributed by atoms with Crippen LogP contribution in [-0.2, 0) is 12.8 Å². The van der Waals surface area contributed by atoms with Gasteiger partial charge in [-0.3, -0.25) is 0 Å². The number of aryl methyl sites for hydroxylation is 2. The van der Waals surface area contributed by atoms with Gasteiger partial charge in [0.25, 0.3) is 0 Å². The Morgan fingerprint density at radius 1 is 1.05 bits per heavy atom. The molecule has 0 spiro atoms. The molecule has 2 heterocycles. The molecule has 3 rings (SSSR count). The maximum Gasteiger partial charge on any atom is 0.162 e. The summed E-state index contributed by atoms with van der Waals surface area (Å²) in [6.45, 7) is 4.28. The lowest BCUT2D eigenvalue weighted by molar-refractivity contribution is 1.14. The summed E-state index contributed by atoms with van der Waals surface area (Å²) >= 11 is 7.99. The van der Waals surface area contributed by atoms with Gasteiger partial charge in [0.1, 0.15) is 9.98 Å². The van der Waals surface area contributed by atoms with E-state index in [0.29, 0.717) is 11.0 Å². The molecule has 0 saturated heterocycles. The van der Waals surface area contributed by atoms with Gasteiger partial charge in [0.15, 0.2) is 5.82 Å². The topological polar surface area (TPSA) is 25.8 Å². The van der Waals surface area contributed by atoms with Gasteiger partial charge in [0.05, 0.1) is 0 Å². The van der Waals surface area contributed by atoms with Crippen molar-refractivity contribution in [2.45, 2.75) is 26.7 Å². The average Bonchev–Trinajstić information content (AvgIpc) is 2.91.